The highest BCUT2D eigenvalue weighted by Gasteiger charge is 2.13. The molecule has 0 aliphatic carbocycles. The lowest BCUT2D eigenvalue weighted by molar-refractivity contribution is 0.131. The Morgan fingerprint density at radius 1 is 0.486 bits per heavy atom. The van der Waals surface area contributed by atoms with Crippen LogP contribution in [0.25, 0.3) is 11.1 Å². The molecule has 35 heavy (non-hydrogen) atoms. The molecule has 0 amide bonds. The summed E-state index contributed by atoms with van der Waals surface area (Å²) >= 11 is 1.72. The summed E-state index contributed by atoms with van der Waals surface area (Å²) in [7, 11) is 0. The number of hydrogen-bond acceptors (Lipinski definition) is 3. The topological polar surface area (TPSA) is 18.5 Å². The van der Waals surface area contributed by atoms with Gasteiger partial charge in [0.1, 0.15) is 22.8 Å². The van der Waals surface area contributed by atoms with E-state index >= 15 is 0 Å². The van der Waals surface area contributed by atoms with Crippen LogP contribution in [0.4, 0.5) is 0 Å². The molecule has 0 saturated carbocycles. The molecule has 0 bridgehead atoms. The third-order valence-electron chi connectivity index (χ3n) is 5.48. The van der Waals surface area contributed by atoms with Gasteiger partial charge in [-0.25, -0.2) is 0 Å². The van der Waals surface area contributed by atoms with Crippen molar-refractivity contribution in [3.63, 3.8) is 0 Å². The highest BCUT2D eigenvalue weighted by atomic mass is 32.2. The average Bonchev–Trinajstić information content (AvgIpc) is 2.81. The summed E-state index contributed by atoms with van der Waals surface area (Å²) in [6.07, 6.45) is 0. The quantitative estimate of drug-likeness (QED) is 0.272. The van der Waals surface area contributed by atoms with Gasteiger partial charge >= 0.3 is 0 Å². The van der Waals surface area contributed by atoms with Crippen molar-refractivity contribution in [3.05, 3.63) is 103 Å². The standard InChI is InChI=1S/C32H34O2S/c1-31(2,3)25-11-7-23(8-12-25)24-9-13-26(14-10-24)33-27-15-19-29(20-16-27)35-30-21-17-28(18-22-30)34-32(4,5)6/h7-22H,1-6H3. The molecular weight excluding hydrogens is 448 g/mol. The lowest BCUT2D eigenvalue weighted by Gasteiger charge is -2.21. The van der Waals surface area contributed by atoms with E-state index in [-0.39, 0.29) is 11.0 Å². The Labute approximate surface area is 214 Å². The Balaban J connectivity index is 1.35. The zero-order chi connectivity index (χ0) is 25.1. The Hall–Kier alpha value is -3.17. The van der Waals surface area contributed by atoms with Crippen molar-refractivity contribution >= 4 is 11.8 Å². The molecule has 0 saturated heterocycles. The SMILES string of the molecule is CC(C)(C)Oc1ccc(Sc2ccc(Oc3ccc(-c4ccc(C(C)(C)C)cc4)cc3)cc2)cc1. The van der Waals surface area contributed by atoms with Gasteiger partial charge in [0.2, 0.25) is 0 Å². The molecule has 0 heterocycles. The maximum atomic E-state index is 6.07. The van der Waals surface area contributed by atoms with Gasteiger partial charge in [0.25, 0.3) is 0 Å². The molecule has 180 valence electrons. The molecule has 0 aliphatic rings. The molecule has 4 aromatic rings. The molecule has 4 aromatic carbocycles. The zero-order valence-electron chi connectivity index (χ0n) is 21.5. The second-order valence-electron chi connectivity index (χ2n) is 10.7. The minimum Gasteiger partial charge on any atom is -0.488 e. The van der Waals surface area contributed by atoms with Gasteiger partial charge in [-0.1, -0.05) is 68.9 Å². The van der Waals surface area contributed by atoms with Crippen LogP contribution in [-0.2, 0) is 5.41 Å². The van der Waals surface area contributed by atoms with Crippen LogP contribution in [0, 0.1) is 0 Å². The maximum Gasteiger partial charge on any atom is 0.127 e. The van der Waals surface area contributed by atoms with Crippen LogP contribution in [-0.4, -0.2) is 5.60 Å². The highest BCUT2D eigenvalue weighted by Crippen LogP contribution is 2.33. The molecule has 0 spiro atoms. The van der Waals surface area contributed by atoms with Crippen molar-refractivity contribution < 1.29 is 9.47 Å². The number of rotatable bonds is 6. The molecule has 0 N–H and O–H groups in total. The van der Waals surface area contributed by atoms with E-state index < -0.39 is 0 Å². The van der Waals surface area contributed by atoms with Crippen LogP contribution in [0.5, 0.6) is 17.2 Å². The Kier molecular flexibility index (Phi) is 7.28. The van der Waals surface area contributed by atoms with Crippen LogP contribution in [0.2, 0.25) is 0 Å². The van der Waals surface area contributed by atoms with Gasteiger partial charge in [-0.15, -0.1) is 0 Å². The summed E-state index contributed by atoms with van der Waals surface area (Å²) in [5.74, 6) is 2.54. The first kappa shape index (κ1) is 24.9. The van der Waals surface area contributed by atoms with Gasteiger partial charge in [0, 0.05) is 9.79 Å². The van der Waals surface area contributed by atoms with Crippen LogP contribution in [0.1, 0.15) is 47.1 Å². The molecule has 0 unspecified atom stereocenters. The summed E-state index contributed by atoms with van der Waals surface area (Å²) < 4.78 is 12.0. The monoisotopic (exact) mass is 482 g/mol. The van der Waals surface area contributed by atoms with E-state index in [0.29, 0.717) is 0 Å². The summed E-state index contributed by atoms with van der Waals surface area (Å²) in [5.41, 5.74) is 3.71. The van der Waals surface area contributed by atoms with E-state index in [1.165, 1.54) is 21.6 Å². The second-order valence-corrected chi connectivity index (χ2v) is 11.9. The Bertz CT molecular complexity index is 1230. The first-order chi connectivity index (χ1) is 16.5. The Morgan fingerprint density at radius 3 is 1.31 bits per heavy atom. The molecular formula is C32H34O2S. The lowest BCUT2D eigenvalue weighted by atomic mass is 9.86. The summed E-state index contributed by atoms with van der Waals surface area (Å²) in [6.45, 7) is 12.9. The van der Waals surface area contributed by atoms with Crippen LogP contribution in [0.15, 0.2) is 107 Å². The summed E-state index contributed by atoms with van der Waals surface area (Å²) in [4.78, 5) is 2.34. The largest absolute Gasteiger partial charge is 0.488 e. The van der Waals surface area contributed by atoms with E-state index in [2.05, 4.69) is 102 Å². The number of ether oxygens (including phenoxy) is 2. The molecule has 3 heteroatoms. The lowest BCUT2D eigenvalue weighted by Crippen LogP contribution is -2.22. The van der Waals surface area contributed by atoms with Gasteiger partial charge < -0.3 is 9.47 Å². The average molecular weight is 483 g/mol. The number of benzene rings is 4. The summed E-state index contributed by atoms with van der Waals surface area (Å²) in [5, 5.41) is 0. The predicted molar refractivity (Wildman–Crippen MR) is 148 cm³/mol. The van der Waals surface area contributed by atoms with E-state index in [9.17, 15) is 0 Å². The van der Waals surface area contributed by atoms with Crippen molar-refractivity contribution in [3.8, 4) is 28.4 Å². The van der Waals surface area contributed by atoms with Crippen molar-refractivity contribution in [2.45, 2.75) is 62.3 Å². The fraction of sp³-hybridized carbons (Fsp3) is 0.250. The number of hydrogen-bond donors (Lipinski definition) is 0. The first-order valence-corrected chi connectivity index (χ1v) is 12.8. The van der Waals surface area contributed by atoms with Gasteiger partial charge in [0.15, 0.2) is 0 Å². The minimum atomic E-state index is -0.192. The third-order valence-corrected chi connectivity index (χ3v) is 6.50. The fourth-order valence-corrected chi connectivity index (χ4v) is 4.47. The third kappa shape index (κ3) is 7.16. The molecule has 0 fully saturated rings. The van der Waals surface area contributed by atoms with Crippen LogP contribution < -0.4 is 9.47 Å². The zero-order valence-corrected chi connectivity index (χ0v) is 22.3. The second kappa shape index (κ2) is 10.2. The van der Waals surface area contributed by atoms with Gasteiger partial charge in [-0.3, -0.25) is 0 Å². The molecule has 2 nitrogen and oxygen atoms in total. The Morgan fingerprint density at radius 2 is 0.886 bits per heavy atom. The first-order valence-electron chi connectivity index (χ1n) is 12.0. The smallest absolute Gasteiger partial charge is 0.127 e. The summed E-state index contributed by atoms with van der Waals surface area (Å²) in [6, 6.07) is 33.5. The van der Waals surface area contributed by atoms with Crippen LogP contribution >= 0.6 is 11.8 Å². The van der Waals surface area contributed by atoms with Crippen molar-refractivity contribution in [1.29, 1.82) is 0 Å². The molecule has 4 rings (SSSR count). The van der Waals surface area contributed by atoms with Crippen molar-refractivity contribution in [1.82, 2.24) is 0 Å². The fourth-order valence-electron chi connectivity index (χ4n) is 3.66. The van der Waals surface area contributed by atoms with E-state index in [1.807, 2.05) is 36.4 Å². The highest BCUT2D eigenvalue weighted by molar-refractivity contribution is 7.99. The minimum absolute atomic E-state index is 0.163. The normalized spacial score (nSPS) is 11.8. The van der Waals surface area contributed by atoms with Crippen molar-refractivity contribution in [2.75, 3.05) is 0 Å². The molecule has 0 atom stereocenters. The predicted octanol–water partition coefficient (Wildman–Crippen LogP) is 9.77. The molecule has 0 aromatic heterocycles. The van der Waals surface area contributed by atoms with Crippen LogP contribution in [0.3, 0.4) is 0 Å². The van der Waals surface area contributed by atoms with Gasteiger partial charge in [-0.05, 0) is 104 Å². The van der Waals surface area contributed by atoms with E-state index in [0.717, 1.165) is 22.1 Å². The van der Waals surface area contributed by atoms with Crippen molar-refractivity contribution in [2.24, 2.45) is 0 Å². The maximum absolute atomic E-state index is 6.07. The van der Waals surface area contributed by atoms with Gasteiger partial charge in [0.05, 0.1) is 0 Å². The van der Waals surface area contributed by atoms with E-state index in [1.54, 1.807) is 11.8 Å². The van der Waals surface area contributed by atoms with Gasteiger partial charge in [-0.2, -0.15) is 0 Å². The molecule has 0 aliphatic heterocycles. The molecule has 0 radical (unpaired) electrons. The van der Waals surface area contributed by atoms with E-state index in [4.69, 9.17) is 9.47 Å².